The Hall–Kier alpha value is -1.64. The zero-order valence-electron chi connectivity index (χ0n) is 10.7. The molecule has 0 saturated heterocycles. The van der Waals surface area contributed by atoms with Gasteiger partial charge in [-0.15, -0.1) is 11.3 Å². The van der Waals surface area contributed by atoms with E-state index < -0.39 is 36.9 Å². The van der Waals surface area contributed by atoms with Crippen LogP contribution in [0.3, 0.4) is 0 Å². The third-order valence-electron chi connectivity index (χ3n) is 2.39. The van der Waals surface area contributed by atoms with Crippen LogP contribution in [-0.2, 0) is 4.79 Å². The summed E-state index contributed by atoms with van der Waals surface area (Å²) in [5.41, 5.74) is 0.314. The van der Waals surface area contributed by atoms with Crippen molar-refractivity contribution in [1.29, 1.82) is 0 Å². The van der Waals surface area contributed by atoms with E-state index in [0.717, 1.165) is 11.3 Å². The van der Waals surface area contributed by atoms with E-state index in [1.54, 1.807) is 0 Å². The summed E-state index contributed by atoms with van der Waals surface area (Å²) in [7, 11) is 0. The van der Waals surface area contributed by atoms with Gasteiger partial charge in [0.25, 0.3) is 0 Å². The molecule has 0 bridgehead atoms. The second kappa shape index (κ2) is 6.21. The average molecular weight is 310 g/mol. The SMILES string of the molecule is Cc1nc(C(C)NC(=O)CCC(F)(F)F)sc1C(=O)O. The van der Waals surface area contributed by atoms with Crippen molar-refractivity contribution in [2.24, 2.45) is 0 Å². The van der Waals surface area contributed by atoms with Crippen molar-refractivity contribution in [3.63, 3.8) is 0 Å². The summed E-state index contributed by atoms with van der Waals surface area (Å²) >= 11 is 0.894. The van der Waals surface area contributed by atoms with Crippen molar-refractivity contribution < 1.29 is 27.9 Å². The summed E-state index contributed by atoms with van der Waals surface area (Å²) in [6, 6.07) is -0.632. The van der Waals surface area contributed by atoms with Gasteiger partial charge in [-0.25, -0.2) is 9.78 Å². The molecule has 9 heteroatoms. The van der Waals surface area contributed by atoms with Gasteiger partial charge in [0.05, 0.1) is 18.2 Å². The molecule has 20 heavy (non-hydrogen) atoms. The van der Waals surface area contributed by atoms with Crippen molar-refractivity contribution in [3.8, 4) is 0 Å². The number of aromatic nitrogens is 1. The molecule has 0 saturated carbocycles. The Morgan fingerprint density at radius 2 is 2.05 bits per heavy atom. The van der Waals surface area contributed by atoms with Crippen LogP contribution in [0.15, 0.2) is 0 Å². The number of carbonyl (C=O) groups is 2. The number of thiazole rings is 1. The van der Waals surface area contributed by atoms with Crippen molar-refractivity contribution in [2.75, 3.05) is 0 Å². The Labute approximate surface area is 116 Å². The van der Waals surface area contributed by atoms with Crippen LogP contribution >= 0.6 is 11.3 Å². The van der Waals surface area contributed by atoms with Crippen LogP contribution in [0.4, 0.5) is 13.2 Å². The van der Waals surface area contributed by atoms with E-state index in [0.29, 0.717) is 10.7 Å². The molecule has 0 aromatic carbocycles. The lowest BCUT2D eigenvalue weighted by Gasteiger charge is -2.12. The predicted molar refractivity (Wildman–Crippen MR) is 65.7 cm³/mol. The Kier molecular flexibility index (Phi) is 5.09. The monoisotopic (exact) mass is 310 g/mol. The Bertz CT molecular complexity index is 514. The number of aromatic carboxylic acids is 1. The summed E-state index contributed by atoms with van der Waals surface area (Å²) in [5.74, 6) is -1.87. The molecule has 1 aromatic heterocycles. The van der Waals surface area contributed by atoms with Gasteiger partial charge in [0.15, 0.2) is 0 Å². The standard InChI is InChI=1S/C11H13F3N2O3S/c1-5-8(10(18)19)20-9(16-5)6(2)15-7(17)3-4-11(12,13)14/h6H,3-4H2,1-2H3,(H,15,17)(H,18,19). The molecule has 1 heterocycles. The number of alkyl halides is 3. The second-order valence-electron chi connectivity index (χ2n) is 4.18. The predicted octanol–water partition coefficient (Wildman–Crippen LogP) is 2.67. The van der Waals surface area contributed by atoms with Gasteiger partial charge in [0, 0.05) is 6.42 Å². The van der Waals surface area contributed by atoms with E-state index in [9.17, 15) is 22.8 Å². The fourth-order valence-corrected chi connectivity index (χ4v) is 2.34. The fourth-order valence-electron chi connectivity index (χ4n) is 1.43. The topological polar surface area (TPSA) is 79.3 Å². The number of rotatable bonds is 5. The molecule has 2 N–H and O–H groups in total. The molecular weight excluding hydrogens is 297 g/mol. The highest BCUT2D eigenvalue weighted by Crippen LogP contribution is 2.24. The van der Waals surface area contributed by atoms with Crippen molar-refractivity contribution in [3.05, 3.63) is 15.6 Å². The van der Waals surface area contributed by atoms with E-state index in [1.165, 1.54) is 13.8 Å². The smallest absolute Gasteiger partial charge is 0.389 e. The molecule has 1 atom stereocenters. The summed E-state index contributed by atoms with van der Waals surface area (Å²) in [4.78, 5) is 26.2. The van der Waals surface area contributed by atoms with E-state index in [1.807, 2.05) is 0 Å². The molecule has 0 aliphatic carbocycles. The van der Waals surface area contributed by atoms with Crippen LogP contribution in [0.5, 0.6) is 0 Å². The van der Waals surface area contributed by atoms with E-state index in [2.05, 4.69) is 10.3 Å². The number of carbonyl (C=O) groups excluding carboxylic acids is 1. The largest absolute Gasteiger partial charge is 0.477 e. The maximum atomic E-state index is 12.0. The van der Waals surface area contributed by atoms with Gasteiger partial charge in [0.1, 0.15) is 9.88 Å². The number of aryl methyl sites for hydroxylation is 1. The van der Waals surface area contributed by atoms with Gasteiger partial charge < -0.3 is 10.4 Å². The fraction of sp³-hybridized carbons (Fsp3) is 0.545. The van der Waals surface area contributed by atoms with E-state index in [-0.39, 0.29) is 4.88 Å². The van der Waals surface area contributed by atoms with Crippen LogP contribution in [0, 0.1) is 6.92 Å². The third-order valence-corrected chi connectivity index (χ3v) is 3.72. The Balaban J connectivity index is 2.62. The van der Waals surface area contributed by atoms with Gasteiger partial charge in [-0.3, -0.25) is 4.79 Å². The molecule has 0 radical (unpaired) electrons. The summed E-state index contributed by atoms with van der Waals surface area (Å²) in [6.45, 7) is 3.05. The van der Waals surface area contributed by atoms with Crippen molar-refractivity contribution in [1.82, 2.24) is 10.3 Å². The first-order chi connectivity index (χ1) is 9.10. The molecule has 1 rings (SSSR count). The van der Waals surface area contributed by atoms with Crippen LogP contribution in [0.1, 0.15) is 46.2 Å². The number of hydrogen-bond donors (Lipinski definition) is 2. The van der Waals surface area contributed by atoms with E-state index in [4.69, 9.17) is 5.11 Å². The Morgan fingerprint density at radius 3 is 2.50 bits per heavy atom. The third kappa shape index (κ3) is 4.80. The number of nitrogens with zero attached hydrogens (tertiary/aromatic N) is 1. The van der Waals surface area contributed by atoms with Gasteiger partial charge in [0.2, 0.25) is 5.91 Å². The maximum Gasteiger partial charge on any atom is 0.389 e. The molecule has 1 aromatic rings. The number of amides is 1. The average Bonchev–Trinajstić information content (AvgIpc) is 2.68. The first kappa shape index (κ1) is 16.4. The Morgan fingerprint density at radius 1 is 1.45 bits per heavy atom. The zero-order valence-corrected chi connectivity index (χ0v) is 11.6. The van der Waals surface area contributed by atoms with Gasteiger partial charge in [-0.2, -0.15) is 13.2 Å². The number of carboxylic acids is 1. The number of nitrogens with one attached hydrogen (secondary N) is 1. The molecule has 112 valence electrons. The second-order valence-corrected chi connectivity index (χ2v) is 5.21. The lowest BCUT2D eigenvalue weighted by Crippen LogP contribution is -2.27. The van der Waals surface area contributed by atoms with Gasteiger partial charge in [-0.05, 0) is 13.8 Å². The lowest BCUT2D eigenvalue weighted by atomic mass is 10.2. The first-order valence-corrected chi connectivity index (χ1v) is 6.48. The summed E-state index contributed by atoms with van der Waals surface area (Å²) in [5, 5.41) is 11.6. The molecule has 0 fully saturated rings. The van der Waals surface area contributed by atoms with Crippen molar-refractivity contribution >= 4 is 23.2 Å². The minimum atomic E-state index is -4.38. The van der Waals surface area contributed by atoms with Crippen LogP contribution in [0.2, 0.25) is 0 Å². The number of hydrogen-bond acceptors (Lipinski definition) is 4. The van der Waals surface area contributed by atoms with E-state index >= 15 is 0 Å². The van der Waals surface area contributed by atoms with Crippen LogP contribution in [-0.4, -0.2) is 28.1 Å². The molecule has 1 amide bonds. The molecule has 0 aliphatic heterocycles. The summed E-state index contributed by atoms with van der Waals surface area (Å²) in [6.07, 6.45) is -6.23. The van der Waals surface area contributed by atoms with Crippen LogP contribution in [0.25, 0.3) is 0 Å². The minimum Gasteiger partial charge on any atom is -0.477 e. The van der Waals surface area contributed by atoms with Crippen LogP contribution < -0.4 is 5.32 Å². The molecule has 0 spiro atoms. The van der Waals surface area contributed by atoms with Crippen molar-refractivity contribution in [2.45, 2.75) is 38.9 Å². The number of halogens is 3. The molecule has 0 aliphatic rings. The van der Waals surface area contributed by atoms with Gasteiger partial charge in [-0.1, -0.05) is 0 Å². The lowest BCUT2D eigenvalue weighted by molar-refractivity contribution is -0.144. The molecule has 1 unspecified atom stereocenters. The minimum absolute atomic E-state index is 0.0522. The normalized spacial score (nSPS) is 13.1. The molecular formula is C11H13F3N2O3S. The highest BCUT2D eigenvalue weighted by molar-refractivity contribution is 7.13. The quantitative estimate of drug-likeness (QED) is 0.876. The summed E-state index contributed by atoms with van der Waals surface area (Å²) < 4.78 is 35.9. The first-order valence-electron chi connectivity index (χ1n) is 5.67. The maximum absolute atomic E-state index is 12.0. The van der Waals surface area contributed by atoms with Gasteiger partial charge >= 0.3 is 12.1 Å². The molecule has 5 nitrogen and oxygen atoms in total. The highest BCUT2D eigenvalue weighted by Gasteiger charge is 2.28. The number of carboxylic acid groups (broad SMARTS) is 1. The zero-order chi connectivity index (χ0) is 15.5. The highest BCUT2D eigenvalue weighted by atomic mass is 32.1.